The molecule has 1 aliphatic heterocycles. The van der Waals surface area contributed by atoms with Crippen LogP contribution in [0.25, 0.3) is 0 Å². The topological polar surface area (TPSA) is 57.7 Å². The highest BCUT2D eigenvalue weighted by atomic mass is 127. The summed E-state index contributed by atoms with van der Waals surface area (Å²) in [6.07, 6.45) is 0. The van der Waals surface area contributed by atoms with Crippen molar-refractivity contribution in [3.8, 4) is 0 Å². The van der Waals surface area contributed by atoms with Crippen molar-refractivity contribution in [2.45, 2.75) is 4.90 Å². The van der Waals surface area contributed by atoms with Crippen LogP contribution in [-0.4, -0.2) is 49.7 Å². The molecule has 3 rings (SSSR count). The summed E-state index contributed by atoms with van der Waals surface area (Å²) in [5, 5.41) is 0. The molecular weight excluding hydrogens is 439 g/mol. The lowest BCUT2D eigenvalue weighted by Crippen LogP contribution is -2.50. The lowest BCUT2D eigenvalue weighted by molar-refractivity contribution is 0.0698. The van der Waals surface area contributed by atoms with Crippen molar-refractivity contribution in [2.75, 3.05) is 26.2 Å². The van der Waals surface area contributed by atoms with E-state index >= 15 is 0 Å². The molecule has 1 saturated heterocycles. The fourth-order valence-electron chi connectivity index (χ4n) is 2.65. The highest BCUT2D eigenvalue weighted by Crippen LogP contribution is 2.18. The Morgan fingerprint density at radius 3 is 2.04 bits per heavy atom. The number of rotatable bonds is 3. The van der Waals surface area contributed by atoms with Crippen molar-refractivity contribution in [3.05, 3.63) is 63.7 Å². The minimum absolute atomic E-state index is 0.0526. The minimum atomic E-state index is -3.49. The Bertz CT molecular complexity index is 815. The molecule has 1 amide bonds. The maximum Gasteiger partial charge on any atom is 0.253 e. The van der Waals surface area contributed by atoms with Crippen LogP contribution in [0.1, 0.15) is 10.4 Å². The van der Waals surface area contributed by atoms with Crippen LogP contribution in [0.5, 0.6) is 0 Å². The van der Waals surface area contributed by atoms with Crippen molar-refractivity contribution >= 4 is 38.5 Å². The first kappa shape index (κ1) is 17.4. The van der Waals surface area contributed by atoms with Crippen LogP contribution >= 0.6 is 22.6 Å². The number of benzene rings is 2. The summed E-state index contributed by atoms with van der Waals surface area (Å²) in [5.74, 6) is -0.0526. The van der Waals surface area contributed by atoms with Crippen molar-refractivity contribution in [2.24, 2.45) is 0 Å². The molecule has 0 aromatic heterocycles. The second-order valence-corrected chi connectivity index (χ2v) is 8.70. The number of hydrogen-bond acceptors (Lipinski definition) is 3. The molecule has 2 aromatic rings. The van der Waals surface area contributed by atoms with Crippen LogP contribution in [0.2, 0.25) is 0 Å². The molecule has 0 aliphatic carbocycles. The van der Waals surface area contributed by atoms with E-state index in [1.54, 1.807) is 47.4 Å². The van der Waals surface area contributed by atoms with E-state index in [9.17, 15) is 13.2 Å². The molecule has 0 saturated carbocycles. The van der Waals surface area contributed by atoms with E-state index in [0.29, 0.717) is 36.6 Å². The Kier molecular flexibility index (Phi) is 5.21. The second kappa shape index (κ2) is 7.20. The van der Waals surface area contributed by atoms with E-state index < -0.39 is 10.0 Å². The Hall–Kier alpha value is -1.45. The fourth-order valence-corrected chi connectivity index (χ4v) is 4.45. The first-order valence-corrected chi connectivity index (χ1v) is 10.1. The molecule has 126 valence electrons. The predicted molar refractivity (Wildman–Crippen MR) is 100 cm³/mol. The summed E-state index contributed by atoms with van der Waals surface area (Å²) >= 11 is 2.19. The second-order valence-electron chi connectivity index (χ2n) is 5.52. The molecule has 24 heavy (non-hydrogen) atoms. The fraction of sp³-hybridized carbons (Fsp3) is 0.235. The van der Waals surface area contributed by atoms with Gasteiger partial charge in [-0.15, -0.1) is 0 Å². The Morgan fingerprint density at radius 1 is 0.875 bits per heavy atom. The molecule has 0 atom stereocenters. The van der Waals surface area contributed by atoms with E-state index in [1.807, 2.05) is 12.1 Å². The van der Waals surface area contributed by atoms with Gasteiger partial charge in [-0.3, -0.25) is 4.79 Å². The monoisotopic (exact) mass is 456 g/mol. The minimum Gasteiger partial charge on any atom is -0.336 e. The van der Waals surface area contributed by atoms with Gasteiger partial charge in [-0.2, -0.15) is 4.31 Å². The van der Waals surface area contributed by atoms with Crippen molar-refractivity contribution < 1.29 is 13.2 Å². The van der Waals surface area contributed by atoms with Gasteiger partial charge in [-0.1, -0.05) is 18.2 Å². The number of nitrogens with zero attached hydrogens (tertiary/aromatic N) is 2. The number of carbonyl (C=O) groups excluding carboxylic acids is 1. The first-order valence-electron chi connectivity index (χ1n) is 7.58. The summed E-state index contributed by atoms with van der Waals surface area (Å²) in [6.45, 7) is 1.43. The normalized spacial score (nSPS) is 16.1. The van der Waals surface area contributed by atoms with Gasteiger partial charge in [0.2, 0.25) is 10.0 Å². The summed E-state index contributed by atoms with van der Waals surface area (Å²) in [6, 6.07) is 15.8. The Labute approximate surface area is 155 Å². The summed E-state index contributed by atoms with van der Waals surface area (Å²) in [4.78, 5) is 14.5. The third kappa shape index (κ3) is 3.62. The molecule has 1 fully saturated rings. The van der Waals surface area contributed by atoms with Crippen molar-refractivity contribution in [1.82, 2.24) is 9.21 Å². The zero-order valence-electron chi connectivity index (χ0n) is 12.9. The van der Waals surface area contributed by atoms with E-state index in [4.69, 9.17) is 0 Å². The lowest BCUT2D eigenvalue weighted by atomic mass is 10.2. The van der Waals surface area contributed by atoms with Gasteiger partial charge >= 0.3 is 0 Å². The molecule has 0 bridgehead atoms. The molecule has 1 heterocycles. The predicted octanol–water partition coefficient (Wildman–Crippen LogP) is 2.44. The third-order valence-electron chi connectivity index (χ3n) is 4.00. The largest absolute Gasteiger partial charge is 0.336 e. The number of hydrogen-bond donors (Lipinski definition) is 0. The van der Waals surface area contributed by atoms with Crippen molar-refractivity contribution in [1.29, 1.82) is 0 Å². The molecule has 5 nitrogen and oxygen atoms in total. The quantitative estimate of drug-likeness (QED) is 0.667. The molecule has 0 unspecified atom stereocenters. The first-order chi connectivity index (χ1) is 11.5. The SMILES string of the molecule is O=C(c1ccc(I)cc1)N1CCN(S(=O)(=O)c2ccccc2)CC1. The number of amides is 1. The summed E-state index contributed by atoms with van der Waals surface area (Å²) in [7, 11) is -3.49. The smallest absolute Gasteiger partial charge is 0.253 e. The van der Waals surface area contributed by atoms with Crippen LogP contribution in [0, 0.1) is 3.57 Å². The Balaban J connectivity index is 1.67. The zero-order valence-corrected chi connectivity index (χ0v) is 15.9. The van der Waals surface area contributed by atoms with Crippen LogP contribution in [0.15, 0.2) is 59.5 Å². The van der Waals surface area contributed by atoms with Gasteiger partial charge in [0.25, 0.3) is 5.91 Å². The van der Waals surface area contributed by atoms with Gasteiger partial charge in [-0.05, 0) is 59.0 Å². The number of sulfonamides is 1. The van der Waals surface area contributed by atoms with E-state index in [1.165, 1.54) is 4.31 Å². The average Bonchev–Trinajstić information content (AvgIpc) is 2.62. The van der Waals surface area contributed by atoms with Crippen molar-refractivity contribution in [3.63, 3.8) is 0 Å². The molecular formula is C17H17IN2O3S. The lowest BCUT2D eigenvalue weighted by Gasteiger charge is -2.34. The number of piperazine rings is 1. The Morgan fingerprint density at radius 2 is 1.46 bits per heavy atom. The molecule has 0 spiro atoms. The highest BCUT2D eigenvalue weighted by Gasteiger charge is 2.30. The van der Waals surface area contributed by atoms with Crippen LogP contribution < -0.4 is 0 Å². The standard InChI is InChI=1S/C17H17IN2O3S/c18-15-8-6-14(7-9-15)17(21)19-10-12-20(13-11-19)24(22,23)16-4-2-1-3-5-16/h1-9H,10-13H2. The third-order valence-corrected chi connectivity index (χ3v) is 6.63. The maximum atomic E-state index is 12.6. The van der Waals surface area contributed by atoms with Gasteiger partial charge in [0.05, 0.1) is 4.90 Å². The van der Waals surface area contributed by atoms with E-state index in [0.717, 1.165) is 3.57 Å². The van der Waals surface area contributed by atoms with Gasteiger partial charge in [0.1, 0.15) is 0 Å². The van der Waals surface area contributed by atoms with Crippen LogP contribution in [-0.2, 0) is 10.0 Å². The van der Waals surface area contributed by atoms with Gasteiger partial charge in [0, 0.05) is 35.3 Å². The zero-order chi connectivity index (χ0) is 17.2. The van der Waals surface area contributed by atoms with E-state index in [2.05, 4.69) is 22.6 Å². The van der Waals surface area contributed by atoms with Gasteiger partial charge in [-0.25, -0.2) is 8.42 Å². The molecule has 0 N–H and O–H groups in total. The summed E-state index contributed by atoms with van der Waals surface area (Å²) < 4.78 is 27.7. The molecule has 1 aliphatic rings. The molecule has 7 heteroatoms. The van der Waals surface area contributed by atoms with Crippen LogP contribution in [0.4, 0.5) is 0 Å². The van der Waals surface area contributed by atoms with Gasteiger partial charge < -0.3 is 4.90 Å². The van der Waals surface area contributed by atoms with Crippen LogP contribution in [0.3, 0.4) is 0 Å². The number of carbonyl (C=O) groups is 1. The summed E-state index contributed by atoms with van der Waals surface area (Å²) in [5.41, 5.74) is 0.634. The maximum absolute atomic E-state index is 12.6. The molecule has 0 radical (unpaired) electrons. The van der Waals surface area contributed by atoms with E-state index in [-0.39, 0.29) is 5.91 Å². The van der Waals surface area contributed by atoms with Gasteiger partial charge in [0.15, 0.2) is 0 Å². The highest BCUT2D eigenvalue weighted by molar-refractivity contribution is 14.1. The number of halogens is 1. The molecule has 2 aromatic carbocycles. The average molecular weight is 456 g/mol.